The van der Waals surface area contributed by atoms with E-state index in [1.807, 2.05) is 11.3 Å². The van der Waals surface area contributed by atoms with Crippen molar-refractivity contribution in [3.05, 3.63) is 21.9 Å². The Labute approximate surface area is 173 Å². The highest BCUT2D eigenvalue weighted by Gasteiger charge is 2.43. The lowest BCUT2D eigenvalue weighted by Gasteiger charge is -2.38. The molecule has 4 nitrogen and oxygen atoms in total. The van der Waals surface area contributed by atoms with Gasteiger partial charge in [-0.2, -0.15) is 0 Å². The van der Waals surface area contributed by atoms with Crippen LogP contribution in [0.5, 0.6) is 0 Å². The molecule has 1 saturated heterocycles. The predicted octanol–water partition coefficient (Wildman–Crippen LogP) is 3.57. The Kier molecular flexibility index (Phi) is 6.65. The standard InChI is InChI=1S/C19H30N4S.HI/c1-2-20-18(23-11-8-19(15-23)6-3-7-19)21-9-12-22-10-4-17-16(14-22)5-13-24-17;/h5,13H,2-4,6-12,14-15H2,1H3,(H,20,21);1H. The molecule has 0 amide bonds. The second-order valence-electron chi connectivity index (χ2n) is 7.66. The Balaban J connectivity index is 0.00000182. The zero-order chi connectivity index (χ0) is 16.4. The van der Waals surface area contributed by atoms with Crippen molar-refractivity contribution in [2.75, 3.05) is 39.3 Å². The molecule has 1 aliphatic carbocycles. The fraction of sp³-hybridized carbons (Fsp3) is 0.737. The quantitative estimate of drug-likeness (QED) is 0.411. The highest BCUT2D eigenvalue weighted by Crippen LogP contribution is 2.47. The molecule has 3 heterocycles. The summed E-state index contributed by atoms with van der Waals surface area (Å²) in [5.41, 5.74) is 2.17. The molecule has 1 N–H and O–H groups in total. The SMILES string of the molecule is CCNC(=NCCN1CCc2sccc2C1)N1CCC2(CCC2)C1.I. The smallest absolute Gasteiger partial charge is 0.193 e. The zero-order valence-electron chi connectivity index (χ0n) is 15.3. The van der Waals surface area contributed by atoms with Gasteiger partial charge >= 0.3 is 0 Å². The first-order valence-electron chi connectivity index (χ1n) is 9.59. The van der Waals surface area contributed by atoms with Gasteiger partial charge in [-0.15, -0.1) is 35.3 Å². The lowest BCUT2D eigenvalue weighted by molar-refractivity contribution is 0.151. The van der Waals surface area contributed by atoms with Crippen LogP contribution >= 0.6 is 35.3 Å². The number of hydrogen-bond acceptors (Lipinski definition) is 3. The Morgan fingerprint density at radius 1 is 1.32 bits per heavy atom. The van der Waals surface area contributed by atoms with Crippen molar-refractivity contribution < 1.29 is 0 Å². The molecule has 25 heavy (non-hydrogen) atoms. The minimum atomic E-state index is 0. The largest absolute Gasteiger partial charge is 0.357 e. The molecule has 0 unspecified atom stereocenters. The maximum absolute atomic E-state index is 4.95. The van der Waals surface area contributed by atoms with Crippen molar-refractivity contribution in [2.24, 2.45) is 10.4 Å². The van der Waals surface area contributed by atoms with Crippen molar-refractivity contribution in [1.82, 2.24) is 15.1 Å². The maximum atomic E-state index is 4.95. The van der Waals surface area contributed by atoms with E-state index >= 15 is 0 Å². The van der Waals surface area contributed by atoms with Crippen LogP contribution in [0, 0.1) is 5.41 Å². The number of nitrogens with one attached hydrogen (secondary N) is 1. The Morgan fingerprint density at radius 3 is 2.92 bits per heavy atom. The Hall–Kier alpha value is -0.340. The summed E-state index contributed by atoms with van der Waals surface area (Å²) in [6, 6.07) is 2.29. The van der Waals surface area contributed by atoms with Gasteiger partial charge in [0.05, 0.1) is 6.54 Å². The molecule has 3 aliphatic rings. The van der Waals surface area contributed by atoms with E-state index in [0.717, 1.165) is 32.1 Å². The summed E-state index contributed by atoms with van der Waals surface area (Å²) in [5.74, 6) is 1.15. The van der Waals surface area contributed by atoms with Crippen LogP contribution in [0.25, 0.3) is 0 Å². The number of hydrogen-bond donors (Lipinski definition) is 1. The molecule has 2 aliphatic heterocycles. The van der Waals surface area contributed by atoms with Crippen LogP contribution in [0.4, 0.5) is 0 Å². The molecule has 0 atom stereocenters. The average Bonchev–Trinajstić information content (AvgIpc) is 3.20. The number of guanidine groups is 1. The van der Waals surface area contributed by atoms with Crippen LogP contribution in [0.3, 0.4) is 0 Å². The number of fused-ring (bicyclic) bond motifs is 1. The van der Waals surface area contributed by atoms with Gasteiger partial charge in [-0.1, -0.05) is 6.42 Å². The van der Waals surface area contributed by atoms with Crippen molar-refractivity contribution >= 4 is 41.3 Å². The molecule has 2 fully saturated rings. The second kappa shape index (κ2) is 8.57. The zero-order valence-corrected chi connectivity index (χ0v) is 18.4. The third-order valence-corrected chi connectivity index (χ3v) is 7.07. The van der Waals surface area contributed by atoms with E-state index in [-0.39, 0.29) is 24.0 Å². The molecule has 4 rings (SSSR count). The third kappa shape index (κ3) is 4.33. The van der Waals surface area contributed by atoms with Crippen molar-refractivity contribution in [3.8, 4) is 0 Å². The highest BCUT2D eigenvalue weighted by atomic mass is 127. The normalized spacial score (nSPS) is 22.4. The average molecular weight is 474 g/mol. The molecule has 140 valence electrons. The molecular formula is C19H31IN4S. The summed E-state index contributed by atoms with van der Waals surface area (Å²) >= 11 is 1.92. The number of aliphatic imine (C=N–C) groups is 1. The fourth-order valence-electron chi connectivity index (χ4n) is 4.42. The van der Waals surface area contributed by atoms with Crippen LogP contribution in [-0.2, 0) is 13.0 Å². The first kappa shape index (κ1) is 19.4. The second-order valence-corrected chi connectivity index (χ2v) is 8.66. The van der Waals surface area contributed by atoms with Gasteiger partial charge in [-0.25, -0.2) is 0 Å². The van der Waals surface area contributed by atoms with Gasteiger partial charge in [0.15, 0.2) is 5.96 Å². The predicted molar refractivity (Wildman–Crippen MR) is 117 cm³/mol. The van der Waals surface area contributed by atoms with E-state index in [1.54, 1.807) is 4.88 Å². The lowest BCUT2D eigenvalue weighted by Crippen LogP contribution is -2.43. The van der Waals surface area contributed by atoms with Gasteiger partial charge in [0.1, 0.15) is 0 Å². The summed E-state index contributed by atoms with van der Waals surface area (Å²) in [6.45, 7) is 9.82. The minimum absolute atomic E-state index is 0. The summed E-state index contributed by atoms with van der Waals surface area (Å²) < 4.78 is 0. The number of nitrogens with zero attached hydrogens (tertiary/aromatic N) is 3. The van der Waals surface area contributed by atoms with E-state index in [4.69, 9.17) is 4.99 Å². The molecule has 1 saturated carbocycles. The summed E-state index contributed by atoms with van der Waals surface area (Å²) in [5, 5.41) is 5.75. The van der Waals surface area contributed by atoms with Crippen molar-refractivity contribution in [1.29, 1.82) is 0 Å². The van der Waals surface area contributed by atoms with E-state index in [2.05, 4.69) is 33.5 Å². The van der Waals surface area contributed by atoms with E-state index in [0.29, 0.717) is 5.41 Å². The van der Waals surface area contributed by atoms with Gasteiger partial charge in [-0.3, -0.25) is 9.89 Å². The molecule has 1 aromatic heterocycles. The summed E-state index contributed by atoms with van der Waals surface area (Å²) in [6.07, 6.45) is 6.87. The van der Waals surface area contributed by atoms with E-state index < -0.39 is 0 Å². The van der Waals surface area contributed by atoms with Crippen LogP contribution < -0.4 is 5.32 Å². The maximum Gasteiger partial charge on any atom is 0.193 e. The first-order chi connectivity index (χ1) is 11.8. The molecule has 1 aromatic rings. The Bertz CT molecular complexity index is 596. The van der Waals surface area contributed by atoms with Gasteiger partial charge in [-0.05, 0) is 55.0 Å². The summed E-state index contributed by atoms with van der Waals surface area (Å²) in [7, 11) is 0. The first-order valence-corrected chi connectivity index (χ1v) is 10.5. The molecule has 6 heteroatoms. The van der Waals surface area contributed by atoms with E-state index in [1.165, 1.54) is 57.3 Å². The minimum Gasteiger partial charge on any atom is -0.357 e. The number of thiophene rings is 1. The van der Waals surface area contributed by atoms with Gasteiger partial charge in [0, 0.05) is 44.1 Å². The molecule has 0 aromatic carbocycles. The highest BCUT2D eigenvalue weighted by molar-refractivity contribution is 14.0. The number of likely N-dealkylation sites (tertiary alicyclic amines) is 1. The van der Waals surface area contributed by atoms with Gasteiger partial charge in [0.25, 0.3) is 0 Å². The van der Waals surface area contributed by atoms with Crippen LogP contribution in [-0.4, -0.2) is 55.0 Å². The fourth-order valence-corrected chi connectivity index (χ4v) is 5.31. The number of rotatable bonds is 4. The Morgan fingerprint density at radius 2 is 2.20 bits per heavy atom. The number of halogens is 1. The molecular weight excluding hydrogens is 443 g/mol. The van der Waals surface area contributed by atoms with E-state index in [9.17, 15) is 0 Å². The van der Waals surface area contributed by atoms with Crippen molar-refractivity contribution in [2.45, 2.75) is 45.6 Å². The van der Waals surface area contributed by atoms with Crippen LogP contribution in [0.15, 0.2) is 16.4 Å². The van der Waals surface area contributed by atoms with Gasteiger partial charge in [0.2, 0.25) is 0 Å². The van der Waals surface area contributed by atoms with Crippen molar-refractivity contribution in [3.63, 3.8) is 0 Å². The molecule has 1 spiro atoms. The third-order valence-electron chi connectivity index (χ3n) is 6.05. The van der Waals surface area contributed by atoms with Crippen LogP contribution in [0.1, 0.15) is 43.0 Å². The molecule has 0 bridgehead atoms. The van der Waals surface area contributed by atoms with Gasteiger partial charge < -0.3 is 10.2 Å². The monoisotopic (exact) mass is 474 g/mol. The summed E-state index contributed by atoms with van der Waals surface area (Å²) in [4.78, 5) is 11.6. The topological polar surface area (TPSA) is 30.9 Å². The van der Waals surface area contributed by atoms with Crippen LogP contribution in [0.2, 0.25) is 0 Å². The lowest BCUT2D eigenvalue weighted by atomic mass is 9.68. The molecule has 0 radical (unpaired) electrons.